The zero-order chi connectivity index (χ0) is 18.4. The lowest BCUT2D eigenvalue weighted by Gasteiger charge is -2.16. The van der Waals surface area contributed by atoms with Gasteiger partial charge in [0.2, 0.25) is 5.91 Å². The van der Waals surface area contributed by atoms with Gasteiger partial charge in [-0.2, -0.15) is 0 Å². The van der Waals surface area contributed by atoms with E-state index in [0.29, 0.717) is 17.9 Å². The number of rotatable bonds is 6. The van der Waals surface area contributed by atoms with Crippen molar-refractivity contribution in [1.82, 2.24) is 4.90 Å². The Morgan fingerprint density at radius 2 is 1.84 bits per heavy atom. The minimum Gasteiger partial charge on any atom is -0.496 e. The summed E-state index contributed by atoms with van der Waals surface area (Å²) in [4.78, 5) is 13.8. The summed E-state index contributed by atoms with van der Waals surface area (Å²) in [7, 11) is 4.65. The lowest BCUT2D eigenvalue weighted by Crippen LogP contribution is -2.24. The average Bonchev–Trinajstić information content (AvgIpc) is 2.59. The first-order valence-corrected chi connectivity index (χ1v) is 8.33. The third kappa shape index (κ3) is 5.06. The molecular formula is C19H19BrFNO3. The van der Waals surface area contributed by atoms with E-state index in [1.54, 1.807) is 32.4 Å². The van der Waals surface area contributed by atoms with Crippen LogP contribution in [-0.4, -0.2) is 32.1 Å². The summed E-state index contributed by atoms with van der Waals surface area (Å²) >= 11 is 3.39. The number of likely N-dealkylation sites (N-methyl/N-ethyl adjacent to an activating group) is 1. The first-order chi connectivity index (χ1) is 11.9. The number of carbonyl (C=O) groups is 1. The predicted molar refractivity (Wildman–Crippen MR) is 99.2 cm³/mol. The molecule has 0 unspecified atom stereocenters. The van der Waals surface area contributed by atoms with E-state index in [4.69, 9.17) is 9.47 Å². The van der Waals surface area contributed by atoms with Crippen LogP contribution in [0.3, 0.4) is 0 Å². The molecule has 6 heteroatoms. The average molecular weight is 408 g/mol. The Morgan fingerprint density at radius 1 is 1.16 bits per heavy atom. The molecule has 132 valence electrons. The lowest BCUT2D eigenvalue weighted by atomic mass is 10.1. The van der Waals surface area contributed by atoms with Crippen molar-refractivity contribution >= 4 is 27.9 Å². The first-order valence-electron chi connectivity index (χ1n) is 7.53. The fraction of sp³-hybridized carbons (Fsp3) is 0.211. The van der Waals surface area contributed by atoms with Gasteiger partial charge in [-0.1, -0.05) is 22.0 Å². The zero-order valence-electron chi connectivity index (χ0n) is 14.3. The maximum absolute atomic E-state index is 13.7. The number of amides is 1. The second kappa shape index (κ2) is 8.67. The molecule has 0 atom stereocenters. The first kappa shape index (κ1) is 19.0. The molecule has 0 N–H and O–H groups in total. The Hall–Kier alpha value is -2.34. The minimum atomic E-state index is -0.449. The number of halogens is 2. The topological polar surface area (TPSA) is 38.8 Å². The number of benzene rings is 2. The van der Waals surface area contributed by atoms with Crippen LogP contribution in [0.25, 0.3) is 6.08 Å². The van der Waals surface area contributed by atoms with Gasteiger partial charge in [0.25, 0.3) is 0 Å². The summed E-state index contributed by atoms with van der Waals surface area (Å²) in [5.74, 6) is 0.208. The quantitative estimate of drug-likeness (QED) is 0.670. The molecule has 2 rings (SSSR count). The van der Waals surface area contributed by atoms with Crippen LogP contribution in [0.1, 0.15) is 11.1 Å². The van der Waals surface area contributed by atoms with Crippen LogP contribution >= 0.6 is 15.9 Å². The van der Waals surface area contributed by atoms with Crippen molar-refractivity contribution in [2.45, 2.75) is 6.54 Å². The smallest absolute Gasteiger partial charge is 0.246 e. The van der Waals surface area contributed by atoms with Crippen molar-refractivity contribution in [3.63, 3.8) is 0 Å². The molecule has 4 nitrogen and oxygen atoms in total. The highest BCUT2D eigenvalue weighted by atomic mass is 79.9. The van der Waals surface area contributed by atoms with Gasteiger partial charge in [0.05, 0.1) is 14.2 Å². The van der Waals surface area contributed by atoms with Gasteiger partial charge >= 0.3 is 0 Å². The van der Waals surface area contributed by atoms with E-state index in [0.717, 1.165) is 10.0 Å². The van der Waals surface area contributed by atoms with Gasteiger partial charge in [-0.15, -0.1) is 0 Å². The summed E-state index contributed by atoms with van der Waals surface area (Å²) < 4.78 is 24.8. The van der Waals surface area contributed by atoms with Gasteiger partial charge in [0.1, 0.15) is 5.75 Å². The number of nitrogens with zero attached hydrogens (tertiary/aromatic N) is 1. The number of ether oxygens (including phenoxy) is 2. The molecule has 0 radical (unpaired) electrons. The SMILES string of the molecule is COc1ccc(CN(C)C(=O)C=Cc2cc(Br)ccc2OC)cc1F. The van der Waals surface area contributed by atoms with Crippen LogP contribution < -0.4 is 9.47 Å². The second-order valence-electron chi connectivity index (χ2n) is 5.38. The molecule has 0 spiro atoms. The molecule has 25 heavy (non-hydrogen) atoms. The van der Waals surface area contributed by atoms with Crippen LogP contribution in [0.2, 0.25) is 0 Å². The molecule has 0 saturated heterocycles. The van der Waals surface area contributed by atoms with Crippen molar-refractivity contribution in [1.29, 1.82) is 0 Å². The second-order valence-corrected chi connectivity index (χ2v) is 6.30. The van der Waals surface area contributed by atoms with E-state index in [-0.39, 0.29) is 11.7 Å². The third-order valence-electron chi connectivity index (χ3n) is 3.61. The van der Waals surface area contributed by atoms with E-state index in [9.17, 15) is 9.18 Å². The van der Waals surface area contributed by atoms with Crippen LogP contribution in [0.4, 0.5) is 4.39 Å². The van der Waals surface area contributed by atoms with E-state index < -0.39 is 5.82 Å². The van der Waals surface area contributed by atoms with E-state index in [1.807, 2.05) is 18.2 Å². The Kier molecular flexibility index (Phi) is 6.58. The van der Waals surface area contributed by atoms with Gasteiger partial charge < -0.3 is 14.4 Å². The molecule has 0 aliphatic heterocycles. The molecule has 0 fully saturated rings. The van der Waals surface area contributed by atoms with Gasteiger partial charge in [0.15, 0.2) is 11.6 Å². The molecule has 2 aromatic rings. The monoisotopic (exact) mass is 407 g/mol. The molecule has 0 aromatic heterocycles. The highest BCUT2D eigenvalue weighted by Crippen LogP contribution is 2.24. The fourth-order valence-corrected chi connectivity index (χ4v) is 2.66. The third-order valence-corrected chi connectivity index (χ3v) is 4.10. The normalized spacial score (nSPS) is 10.8. The Balaban J connectivity index is 2.07. The summed E-state index contributed by atoms with van der Waals surface area (Å²) in [6.07, 6.45) is 3.15. The number of carbonyl (C=O) groups excluding carboxylic acids is 1. The fourth-order valence-electron chi connectivity index (χ4n) is 2.28. The maximum Gasteiger partial charge on any atom is 0.246 e. The van der Waals surface area contributed by atoms with Crippen LogP contribution in [-0.2, 0) is 11.3 Å². The van der Waals surface area contributed by atoms with Crippen molar-refractivity contribution in [2.75, 3.05) is 21.3 Å². The Morgan fingerprint density at radius 3 is 2.48 bits per heavy atom. The maximum atomic E-state index is 13.7. The summed E-state index contributed by atoms with van der Waals surface area (Å²) in [5.41, 5.74) is 1.47. The minimum absolute atomic E-state index is 0.180. The van der Waals surface area contributed by atoms with Crippen LogP contribution in [0.5, 0.6) is 11.5 Å². The summed E-state index contributed by atoms with van der Waals surface area (Å²) in [5, 5.41) is 0. The van der Waals surface area contributed by atoms with E-state index in [1.165, 1.54) is 24.2 Å². The molecule has 0 heterocycles. The molecular weight excluding hydrogens is 389 g/mol. The standard InChI is InChI=1S/C19H19BrFNO3/c1-22(12-13-4-7-18(25-3)16(21)10-13)19(23)9-5-14-11-15(20)6-8-17(14)24-2/h4-11H,12H2,1-3H3. The van der Waals surface area contributed by atoms with Crippen LogP contribution in [0, 0.1) is 5.82 Å². The van der Waals surface area contributed by atoms with E-state index in [2.05, 4.69) is 15.9 Å². The van der Waals surface area contributed by atoms with Crippen molar-refractivity contribution in [2.24, 2.45) is 0 Å². The van der Waals surface area contributed by atoms with Gasteiger partial charge in [-0.05, 0) is 42.0 Å². The molecule has 1 amide bonds. The largest absolute Gasteiger partial charge is 0.496 e. The van der Waals surface area contributed by atoms with Crippen molar-refractivity contribution < 1.29 is 18.7 Å². The van der Waals surface area contributed by atoms with Gasteiger partial charge in [0, 0.05) is 29.7 Å². The highest BCUT2D eigenvalue weighted by Gasteiger charge is 2.09. The number of hydrogen-bond donors (Lipinski definition) is 0. The predicted octanol–water partition coefficient (Wildman–Crippen LogP) is 4.28. The van der Waals surface area contributed by atoms with Gasteiger partial charge in [-0.25, -0.2) is 4.39 Å². The molecule has 0 saturated carbocycles. The van der Waals surface area contributed by atoms with Crippen molar-refractivity contribution in [3.05, 3.63) is 63.9 Å². The molecule has 0 aliphatic carbocycles. The number of hydrogen-bond acceptors (Lipinski definition) is 3. The van der Waals surface area contributed by atoms with Gasteiger partial charge in [-0.3, -0.25) is 4.79 Å². The van der Waals surface area contributed by atoms with Crippen molar-refractivity contribution in [3.8, 4) is 11.5 Å². The Bertz CT molecular complexity index is 792. The number of methoxy groups -OCH3 is 2. The summed E-state index contributed by atoms with van der Waals surface area (Å²) in [6, 6.07) is 10.2. The molecule has 0 bridgehead atoms. The highest BCUT2D eigenvalue weighted by molar-refractivity contribution is 9.10. The zero-order valence-corrected chi connectivity index (χ0v) is 15.8. The van der Waals surface area contributed by atoms with Crippen LogP contribution in [0.15, 0.2) is 46.9 Å². The lowest BCUT2D eigenvalue weighted by molar-refractivity contribution is -0.125. The van der Waals surface area contributed by atoms with E-state index >= 15 is 0 Å². The Labute approximate surface area is 155 Å². The molecule has 2 aromatic carbocycles. The molecule has 0 aliphatic rings. The summed E-state index contributed by atoms with van der Waals surface area (Å²) in [6.45, 7) is 0.291.